The van der Waals surface area contributed by atoms with E-state index in [0.717, 1.165) is 42.7 Å². The smallest absolute Gasteiger partial charge is 0.223 e. The number of amides is 1. The molecule has 1 aliphatic heterocycles. The average Bonchev–Trinajstić information content (AvgIpc) is 2.67. The summed E-state index contributed by atoms with van der Waals surface area (Å²) in [6.45, 7) is 3.90. The Labute approximate surface area is 148 Å². The molecule has 0 radical (unpaired) electrons. The summed E-state index contributed by atoms with van der Waals surface area (Å²) in [7, 11) is 0. The van der Waals surface area contributed by atoms with Crippen LogP contribution in [0.2, 0.25) is 0 Å². The fourth-order valence-electron chi connectivity index (χ4n) is 3.24. The zero-order chi connectivity index (χ0) is 17.6. The number of piperidine rings is 1. The second-order valence-electron chi connectivity index (χ2n) is 6.57. The first-order valence-corrected chi connectivity index (χ1v) is 8.81. The summed E-state index contributed by atoms with van der Waals surface area (Å²) < 4.78 is 0. The first-order chi connectivity index (χ1) is 12.1. The summed E-state index contributed by atoms with van der Waals surface area (Å²) in [5.74, 6) is 0.312. The second-order valence-corrected chi connectivity index (χ2v) is 6.57. The molecule has 0 saturated carbocycles. The van der Waals surface area contributed by atoms with Gasteiger partial charge in [0.25, 0.3) is 0 Å². The summed E-state index contributed by atoms with van der Waals surface area (Å²) in [5, 5.41) is 3.05. The molecule has 3 rings (SSSR count). The van der Waals surface area contributed by atoms with E-state index in [1.807, 2.05) is 54.6 Å². The largest absolute Gasteiger partial charge is 0.371 e. The van der Waals surface area contributed by atoms with Gasteiger partial charge in [0.2, 0.25) is 5.91 Å². The van der Waals surface area contributed by atoms with Crippen molar-refractivity contribution in [2.24, 2.45) is 5.92 Å². The molecular formula is C21H24N2O2. The zero-order valence-electron chi connectivity index (χ0n) is 14.6. The van der Waals surface area contributed by atoms with Gasteiger partial charge in [-0.3, -0.25) is 9.59 Å². The van der Waals surface area contributed by atoms with Crippen LogP contribution < -0.4 is 10.2 Å². The van der Waals surface area contributed by atoms with Gasteiger partial charge in [0.15, 0.2) is 5.78 Å². The minimum atomic E-state index is 0.0801. The number of hydrogen-bond acceptors (Lipinski definition) is 3. The van der Waals surface area contributed by atoms with Crippen LogP contribution in [-0.2, 0) is 11.3 Å². The number of nitrogens with zero attached hydrogens (tertiary/aromatic N) is 1. The first-order valence-electron chi connectivity index (χ1n) is 8.81. The molecule has 130 valence electrons. The molecule has 1 heterocycles. The molecule has 1 amide bonds. The topological polar surface area (TPSA) is 49.4 Å². The van der Waals surface area contributed by atoms with Gasteiger partial charge in [-0.1, -0.05) is 30.3 Å². The molecule has 0 atom stereocenters. The summed E-state index contributed by atoms with van der Waals surface area (Å²) in [4.78, 5) is 26.0. The highest BCUT2D eigenvalue weighted by molar-refractivity contribution is 5.94. The third-order valence-electron chi connectivity index (χ3n) is 4.81. The summed E-state index contributed by atoms with van der Waals surface area (Å²) in [6.07, 6.45) is 1.71. The van der Waals surface area contributed by atoms with E-state index in [0.29, 0.717) is 6.54 Å². The molecule has 1 N–H and O–H groups in total. The monoisotopic (exact) mass is 336 g/mol. The maximum atomic E-state index is 12.4. The number of hydrogen-bond donors (Lipinski definition) is 1. The molecule has 2 aromatic rings. The highest BCUT2D eigenvalue weighted by Crippen LogP contribution is 2.24. The molecule has 1 aliphatic rings. The molecule has 1 fully saturated rings. The van der Waals surface area contributed by atoms with Crippen molar-refractivity contribution in [2.45, 2.75) is 26.3 Å². The molecule has 1 saturated heterocycles. The Morgan fingerprint density at radius 2 is 1.64 bits per heavy atom. The SMILES string of the molecule is CC(=O)c1ccc(N2CCC(C(=O)NCc3ccccc3)CC2)cc1. The van der Waals surface area contributed by atoms with Crippen molar-refractivity contribution in [1.82, 2.24) is 5.32 Å². The van der Waals surface area contributed by atoms with E-state index in [1.54, 1.807) is 6.92 Å². The number of ketones is 1. The van der Waals surface area contributed by atoms with Crippen molar-refractivity contribution in [1.29, 1.82) is 0 Å². The molecular weight excluding hydrogens is 312 g/mol. The minimum Gasteiger partial charge on any atom is -0.371 e. The second kappa shape index (κ2) is 7.97. The van der Waals surface area contributed by atoms with E-state index in [9.17, 15) is 9.59 Å². The summed E-state index contributed by atoms with van der Waals surface area (Å²) in [5.41, 5.74) is 2.98. The molecule has 0 aromatic heterocycles. The Morgan fingerprint density at radius 1 is 1.00 bits per heavy atom. The number of anilines is 1. The van der Waals surface area contributed by atoms with E-state index in [2.05, 4.69) is 10.2 Å². The quantitative estimate of drug-likeness (QED) is 0.851. The third-order valence-corrected chi connectivity index (χ3v) is 4.81. The highest BCUT2D eigenvalue weighted by atomic mass is 16.1. The number of Topliss-reactive ketones (excluding diaryl/α,β-unsaturated/α-hetero) is 1. The molecule has 4 nitrogen and oxygen atoms in total. The van der Waals surface area contributed by atoms with Gasteiger partial charge in [-0.05, 0) is 49.6 Å². The Hall–Kier alpha value is -2.62. The van der Waals surface area contributed by atoms with Gasteiger partial charge >= 0.3 is 0 Å². The van der Waals surface area contributed by atoms with Crippen molar-refractivity contribution < 1.29 is 9.59 Å². The maximum absolute atomic E-state index is 12.4. The normalized spacial score (nSPS) is 15.0. The molecule has 2 aromatic carbocycles. The van der Waals surface area contributed by atoms with E-state index in [4.69, 9.17) is 0 Å². The van der Waals surface area contributed by atoms with Gasteiger partial charge in [0, 0.05) is 36.8 Å². The fraction of sp³-hybridized carbons (Fsp3) is 0.333. The van der Waals surface area contributed by atoms with Crippen LogP contribution in [0.1, 0.15) is 35.7 Å². The third kappa shape index (κ3) is 4.47. The van der Waals surface area contributed by atoms with E-state index in [-0.39, 0.29) is 17.6 Å². The van der Waals surface area contributed by atoms with Gasteiger partial charge in [-0.15, -0.1) is 0 Å². The van der Waals surface area contributed by atoms with Crippen LogP contribution in [0.3, 0.4) is 0 Å². The molecule has 25 heavy (non-hydrogen) atoms. The van der Waals surface area contributed by atoms with Crippen LogP contribution in [-0.4, -0.2) is 24.8 Å². The van der Waals surface area contributed by atoms with Gasteiger partial charge in [0.1, 0.15) is 0 Å². The Bertz CT molecular complexity index is 717. The van der Waals surface area contributed by atoms with E-state index >= 15 is 0 Å². The van der Waals surface area contributed by atoms with Crippen LogP contribution in [0.4, 0.5) is 5.69 Å². The molecule has 4 heteroatoms. The number of benzene rings is 2. The Balaban J connectivity index is 1.49. The highest BCUT2D eigenvalue weighted by Gasteiger charge is 2.24. The van der Waals surface area contributed by atoms with Crippen LogP contribution in [0.25, 0.3) is 0 Å². The predicted molar refractivity (Wildman–Crippen MR) is 99.7 cm³/mol. The van der Waals surface area contributed by atoms with Gasteiger partial charge in [-0.2, -0.15) is 0 Å². The van der Waals surface area contributed by atoms with Crippen molar-refractivity contribution >= 4 is 17.4 Å². The number of rotatable bonds is 5. The molecule has 0 bridgehead atoms. The predicted octanol–water partition coefficient (Wildman–Crippen LogP) is 3.42. The van der Waals surface area contributed by atoms with Gasteiger partial charge in [-0.25, -0.2) is 0 Å². The van der Waals surface area contributed by atoms with Gasteiger partial charge < -0.3 is 10.2 Å². The lowest BCUT2D eigenvalue weighted by molar-refractivity contribution is -0.125. The lowest BCUT2D eigenvalue weighted by atomic mass is 9.95. The minimum absolute atomic E-state index is 0.0801. The van der Waals surface area contributed by atoms with Crippen LogP contribution in [0.5, 0.6) is 0 Å². The molecule has 0 spiro atoms. The fourth-order valence-corrected chi connectivity index (χ4v) is 3.24. The van der Waals surface area contributed by atoms with Gasteiger partial charge in [0.05, 0.1) is 0 Å². The molecule has 0 aliphatic carbocycles. The van der Waals surface area contributed by atoms with Crippen molar-refractivity contribution in [2.75, 3.05) is 18.0 Å². The lowest BCUT2D eigenvalue weighted by Crippen LogP contribution is -2.40. The van der Waals surface area contributed by atoms with Crippen molar-refractivity contribution in [3.63, 3.8) is 0 Å². The number of carbonyl (C=O) groups excluding carboxylic acids is 2. The van der Waals surface area contributed by atoms with Crippen LogP contribution in [0.15, 0.2) is 54.6 Å². The van der Waals surface area contributed by atoms with E-state index < -0.39 is 0 Å². The van der Waals surface area contributed by atoms with Crippen LogP contribution in [0, 0.1) is 5.92 Å². The standard InChI is InChI=1S/C21H24N2O2/c1-16(24)18-7-9-20(10-8-18)23-13-11-19(12-14-23)21(25)22-15-17-5-3-2-4-6-17/h2-10,19H,11-15H2,1H3,(H,22,25). The number of carbonyl (C=O) groups is 2. The maximum Gasteiger partial charge on any atom is 0.223 e. The first kappa shape index (κ1) is 17.2. The van der Waals surface area contributed by atoms with Crippen molar-refractivity contribution in [3.05, 3.63) is 65.7 Å². The number of nitrogens with one attached hydrogen (secondary N) is 1. The summed E-state index contributed by atoms with van der Waals surface area (Å²) in [6, 6.07) is 17.7. The Kier molecular flexibility index (Phi) is 5.49. The average molecular weight is 336 g/mol. The Morgan fingerprint density at radius 3 is 2.24 bits per heavy atom. The lowest BCUT2D eigenvalue weighted by Gasteiger charge is -2.33. The summed E-state index contributed by atoms with van der Waals surface area (Å²) >= 11 is 0. The molecule has 0 unspecified atom stereocenters. The van der Waals surface area contributed by atoms with Crippen molar-refractivity contribution in [3.8, 4) is 0 Å². The zero-order valence-corrected chi connectivity index (χ0v) is 14.6. The van der Waals surface area contributed by atoms with Crippen LogP contribution >= 0.6 is 0 Å². The van der Waals surface area contributed by atoms with E-state index in [1.165, 1.54) is 0 Å².